The van der Waals surface area contributed by atoms with E-state index in [9.17, 15) is 33.9 Å². The molecular formula is C68H86N6O14. The van der Waals surface area contributed by atoms with Crippen LogP contribution in [-0.4, -0.2) is 154 Å². The van der Waals surface area contributed by atoms with Gasteiger partial charge in [0, 0.05) is 100 Å². The van der Waals surface area contributed by atoms with Crippen molar-refractivity contribution in [1.29, 1.82) is 0 Å². The third-order valence-electron chi connectivity index (χ3n) is 16.3. The molecular weight excluding hydrogens is 1120 g/mol. The van der Waals surface area contributed by atoms with Gasteiger partial charge in [0.2, 0.25) is 0 Å². The van der Waals surface area contributed by atoms with Crippen LogP contribution in [-0.2, 0) is 40.4 Å². The molecule has 2 aromatic heterocycles. The van der Waals surface area contributed by atoms with Crippen molar-refractivity contribution in [3.05, 3.63) is 139 Å². The molecule has 20 heteroatoms. The standard InChI is InChI=1S/C36H47N3O7.C32H39N3O7/c1-6-7-18-45-34(41)27-9-10-29-25(2)21-33(40)38(30(29)23-27)17-16-37-14-12-28(13-15-37)39(35(42)46-36(3,4)5)24-26-8-11-31-32(22-26)44-20-19-43-31;1-21-17-29(36)34(26-19-23(30(37)38)6-7-25(21)26)14-13-33-11-9-24(10-12-33)35(31(39)42-32(2,3)4)20-22-5-8-27-28(18-22)41-16-15-40-27/h8-11,21-23,28H,6-7,12-20,24H2,1-5H3;5-8,17-19,24H,9-16,20H2,1-4H3,(H,37,38). The first-order valence-electron chi connectivity index (χ1n) is 30.9. The smallest absolute Gasteiger partial charge is 0.410 e. The number of benzene rings is 4. The summed E-state index contributed by atoms with van der Waals surface area (Å²) in [5.74, 6) is 1.42. The molecule has 2 fully saturated rings. The first kappa shape index (κ1) is 64.4. The molecule has 0 spiro atoms. The maximum Gasteiger partial charge on any atom is 0.410 e. The number of pyridine rings is 2. The zero-order chi connectivity index (χ0) is 62.9. The van der Waals surface area contributed by atoms with E-state index in [0.29, 0.717) is 101 Å². The van der Waals surface area contributed by atoms with E-state index in [1.165, 1.54) is 0 Å². The van der Waals surface area contributed by atoms with Crippen LogP contribution in [0.25, 0.3) is 21.8 Å². The lowest BCUT2D eigenvalue weighted by atomic mass is 10.0. The van der Waals surface area contributed by atoms with Crippen LogP contribution >= 0.6 is 0 Å². The van der Waals surface area contributed by atoms with Crippen molar-refractivity contribution in [2.24, 2.45) is 0 Å². The van der Waals surface area contributed by atoms with Crippen molar-refractivity contribution in [3.8, 4) is 23.0 Å². The monoisotopic (exact) mass is 1210 g/mol. The molecule has 0 unspecified atom stereocenters. The van der Waals surface area contributed by atoms with Crippen molar-refractivity contribution < 1.29 is 57.4 Å². The number of ether oxygens (including phenoxy) is 7. The van der Waals surface area contributed by atoms with E-state index in [2.05, 4.69) is 9.80 Å². The number of hydrogen-bond donors (Lipinski definition) is 1. The van der Waals surface area contributed by atoms with Gasteiger partial charge in [-0.2, -0.15) is 0 Å². The van der Waals surface area contributed by atoms with Crippen LogP contribution in [0.3, 0.4) is 0 Å². The summed E-state index contributed by atoms with van der Waals surface area (Å²) in [5, 5.41) is 11.3. The van der Waals surface area contributed by atoms with Gasteiger partial charge in [0.1, 0.15) is 37.6 Å². The fourth-order valence-corrected chi connectivity index (χ4v) is 11.7. The molecule has 20 nitrogen and oxygen atoms in total. The maximum absolute atomic E-state index is 13.4. The predicted octanol–water partition coefficient (Wildman–Crippen LogP) is 10.6. The van der Waals surface area contributed by atoms with Crippen LogP contribution in [0.1, 0.15) is 130 Å². The summed E-state index contributed by atoms with van der Waals surface area (Å²) < 4.78 is 43.3. The molecule has 0 bridgehead atoms. The van der Waals surface area contributed by atoms with E-state index in [0.717, 1.165) is 109 Å². The van der Waals surface area contributed by atoms with Gasteiger partial charge >= 0.3 is 24.1 Å². The zero-order valence-electron chi connectivity index (χ0n) is 52.5. The minimum Gasteiger partial charge on any atom is -0.486 e. The lowest BCUT2D eigenvalue weighted by Gasteiger charge is -2.39. The molecule has 88 heavy (non-hydrogen) atoms. The second-order valence-electron chi connectivity index (χ2n) is 25.2. The Balaban J connectivity index is 0.000000210. The normalized spacial score (nSPS) is 15.7. The Bertz CT molecular complexity index is 3600. The summed E-state index contributed by atoms with van der Waals surface area (Å²) >= 11 is 0. The molecule has 1 N–H and O–H groups in total. The zero-order valence-corrected chi connectivity index (χ0v) is 52.5. The highest BCUT2D eigenvalue weighted by Gasteiger charge is 2.34. The number of carboxylic acid groups (broad SMARTS) is 1. The number of unbranched alkanes of at least 4 members (excludes halogenated alkanes) is 1. The predicted molar refractivity (Wildman–Crippen MR) is 335 cm³/mol. The average Bonchev–Trinajstić information content (AvgIpc) is 1.77. The van der Waals surface area contributed by atoms with Gasteiger partial charge < -0.3 is 67.0 Å². The number of aromatic carboxylic acids is 1. The number of aryl methyl sites for hydroxylation is 2. The van der Waals surface area contributed by atoms with Crippen molar-refractivity contribution in [2.45, 2.75) is 150 Å². The summed E-state index contributed by atoms with van der Waals surface area (Å²) in [5.41, 5.74) is 4.10. The number of carbonyl (C=O) groups excluding carboxylic acids is 3. The van der Waals surface area contributed by atoms with Crippen LogP contribution in [0.4, 0.5) is 9.59 Å². The Kier molecular flexibility index (Phi) is 20.8. The van der Waals surface area contributed by atoms with E-state index in [1.807, 2.05) is 115 Å². The maximum atomic E-state index is 13.4. The first-order chi connectivity index (χ1) is 42.0. The summed E-state index contributed by atoms with van der Waals surface area (Å²) in [7, 11) is 0. The number of carbonyl (C=O) groups is 4. The van der Waals surface area contributed by atoms with Crippen LogP contribution in [0.2, 0.25) is 0 Å². The van der Waals surface area contributed by atoms with Gasteiger partial charge in [-0.1, -0.05) is 37.6 Å². The SMILES string of the molecule is CCCCOC(=O)c1ccc2c(C)cc(=O)n(CCN3CCC(N(Cc4ccc5c(c4)OCCO5)C(=O)OC(C)(C)C)CC3)c2c1.Cc1cc(=O)n(CCN2CCC(N(Cc3ccc4c(c3)OCCO4)C(=O)OC(C)(C)C)CC2)c2cc(C(=O)O)ccc12. The molecule has 0 saturated carbocycles. The summed E-state index contributed by atoms with van der Waals surface area (Å²) in [4.78, 5) is 85.4. The summed E-state index contributed by atoms with van der Waals surface area (Å²) in [6.45, 7) is 25.6. The van der Waals surface area contributed by atoms with Crippen molar-refractivity contribution in [2.75, 3.05) is 72.3 Å². The van der Waals surface area contributed by atoms with Crippen LogP contribution in [0, 0.1) is 13.8 Å². The quantitative estimate of drug-likeness (QED) is 0.0511. The fraction of sp³-hybridized carbons (Fsp3) is 0.500. The molecule has 0 radical (unpaired) electrons. The Labute approximate surface area is 514 Å². The van der Waals surface area contributed by atoms with Gasteiger partial charge in [-0.15, -0.1) is 0 Å². The van der Waals surface area contributed by atoms with Gasteiger partial charge in [-0.05, 0) is 158 Å². The van der Waals surface area contributed by atoms with E-state index >= 15 is 0 Å². The number of carboxylic acids is 1. The molecule has 6 heterocycles. The molecule has 4 aliphatic rings. The van der Waals surface area contributed by atoms with Crippen molar-refractivity contribution in [1.82, 2.24) is 28.7 Å². The second-order valence-corrected chi connectivity index (χ2v) is 25.2. The number of piperidine rings is 2. The third-order valence-corrected chi connectivity index (χ3v) is 16.3. The Morgan fingerprint density at radius 1 is 0.545 bits per heavy atom. The number of esters is 1. The molecule has 2 amide bonds. The second kappa shape index (κ2) is 28.4. The molecule has 4 aromatic carbocycles. The molecule has 0 atom stereocenters. The van der Waals surface area contributed by atoms with Gasteiger partial charge in [-0.25, -0.2) is 19.2 Å². The number of amides is 2. The Morgan fingerprint density at radius 3 is 1.36 bits per heavy atom. The highest BCUT2D eigenvalue weighted by molar-refractivity contribution is 5.95. The number of hydrogen-bond acceptors (Lipinski definition) is 15. The van der Waals surface area contributed by atoms with Gasteiger partial charge in [0.05, 0.1) is 28.8 Å². The minimum absolute atomic E-state index is 0.00325. The molecule has 0 aliphatic carbocycles. The number of aromatic nitrogens is 2. The van der Waals surface area contributed by atoms with Crippen LogP contribution in [0.15, 0.2) is 94.5 Å². The van der Waals surface area contributed by atoms with E-state index in [1.54, 1.807) is 51.6 Å². The third kappa shape index (κ3) is 16.5. The van der Waals surface area contributed by atoms with E-state index < -0.39 is 17.2 Å². The summed E-state index contributed by atoms with van der Waals surface area (Å²) in [6, 6.07) is 25.2. The number of fused-ring (bicyclic) bond motifs is 4. The molecule has 10 rings (SSSR count). The first-order valence-corrected chi connectivity index (χ1v) is 30.9. The average molecular weight is 1210 g/mol. The number of rotatable bonds is 17. The molecule has 472 valence electrons. The molecule has 4 aliphatic heterocycles. The fourth-order valence-electron chi connectivity index (χ4n) is 11.7. The lowest BCUT2D eigenvalue weighted by molar-refractivity contribution is 0.00468. The molecule has 2 saturated heterocycles. The van der Waals surface area contributed by atoms with Crippen molar-refractivity contribution in [3.63, 3.8) is 0 Å². The number of nitrogens with zero attached hydrogens (tertiary/aromatic N) is 6. The Morgan fingerprint density at radius 2 is 0.955 bits per heavy atom. The topological polar surface area (TPSA) is 210 Å². The summed E-state index contributed by atoms with van der Waals surface area (Å²) in [6.07, 6.45) is 4.16. The van der Waals surface area contributed by atoms with Gasteiger partial charge in [-0.3, -0.25) is 9.59 Å². The number of likely N-dealkylation sites (tertiary alicyclic amines) is 2. The van der Waals surface area contributed by atoms with Crippen LogP contribution < -0.4 is 30.1 Å². The highest BCUT2D eigenvalue weighted by Crippen LogP contribution is 2.34. The lowest BCUT2D eigenvalue weighted by Crippen LogP contribution is -2.49. The van der Waals surface area contributed by atoms with E-state index in [4.69, 9.17) is 33.2 Å². The highest BCUT2D eigenvalue weighted by atomic mass is 16.6. The largest absolute Gasteiger partial charge is 0.486 e. The molecule has 6 aromatic rings. The van der Waals surface area contributed by atoms with E-state index in [-0.39, 0.29) is 46.9 Å². The van der Waals surface area contributed by atoms with Gasteiger partial charge in [0.15, 0.2) is 23.0 Å². The van der Waals surface area contributed by atoms with Gasteiger partial charge in [0.25, 0.3) is 11.1 Å². The Hall–Kier alpha value is -8.10. The van der Waals surface area contributed by atoms with Crippen molar-refractivity contribution >= 4 is 45.9 Å². The van der Waals surface area contributed by atoms with Crippen LogP contribution in [0.5, 0.6) is 23.0 Å². The minimum atomic E-state index is -1.02.